The molecule has 3 aromatic rings. The van der Waals surface area contributed by atoms with Crippen molar-refractivity contribution in [1.82, 2.24) is 20.6 Å². The van der Waals surface area contributed by atoms with Gasteiger partial charge in [0.15, 0.2) is 5.82 Å². The quantitative estimate of drug-likeness (QED) is 0.469. The first-order valence-electron chi connectivity index (χ1n) is 8.20. The molecule has 0 aliphatic rings. The number of nitrogens with zero attached hydrogens (tertiary/aromatic N) is 2. The van der Waals surface area contributed by atoms with Crippen LogP contribution in [0.15, 0.2) is 58.0 Å². The van der Waals surface area contributed by atoms with Gasteiger partial charge in [-0.05, 0) is 25.1 Å². The molecular weight excluding hydrogens is 428 g/mol. The Morgan fingerprint density at radius 2 is 1.78 bits per heavy atom. The van der Waals surface area contributed by atoms with Crippen LogP contribution in [-0.2, 0) is 4.79 Å². The lowest BCUT2D eigenvalue weighted by Gasteiger charge is -2.13. The Hall–Kier alpha value is -2.45. The van der Waals surface area contributed by atoms with E-state index >= 15 is 0 Å². The van der Waals surface area contributed by atoms with Crippen LogP contribution in [0.1, 0.15) is 6.92 Å². The number of benzene rings is 2. The van der Waals surface area contributed by atoms with E-state index in [1.54, 1.807) is 6.92 Å². The Kier molecular flexibility index (Phi) is 6.08. The number of thioether (sulfide) groups is 1. The van der Waals surface area contributed by atoms with Gasteiger partial charge in [0.25, 0.3) is 0 Å². The van der Waals surface area contributed by atoms with Gasteiger partial charge in [-0.1, -0.05) is 58.0 Å². The molecule has 0 bridgehead atoms. The van der Waals surface area contributed by atoms with Gasteiger partial charge in [-0.25, -0.2) is 14.8 Å². The fourth-order valence-electron chi connectivity index (χ4n) is 2.36. The van der Waals surface area contributed by atoms with E-state index < -0.39 is 11.3 Å². The summed E-state index contributed by atoms with van der Waals surface area (Å²) in [6, 6.07) is 14.9. The molecule has 138 valence electrons. The highest BCUT2D eigenvalue weighted by atomic mass is 79.9. The third kappa shape index (κ3) is 4.64. The van der Waals surface area contributed by atoms with Gasteiger partial charge in [0.1, 0.15) is 5.03 Å². The maximum absolute atomic E-state index is 12.2. The van der Waals surface area contributed by atoms with E-state index in [2.05, 4.69) is 36.5 Å². The minimum Gasteiger partial charge on any atom is -0.341 e. The standard InChI is InChI=1S/C19H17BrN4O2S/c1-11(17(25)24-19(26)21-2)27-18-14-5-3-4-6-15(14)22-16(23-18)12-7-9-13(20)10-8-12/h3-11H,1-2H3,(H2,21,24,25,26)/t11-/m0/s1. The third-order valence-corrected chi connectivity index (χ3v) is 5.42. The molecule has 0 aliphatic carbocycles. The predicted octanol–water partition coefficient (Wildman–Crippen LogP) is 4.00. The van der Waals surface area contributed by atoms with Crippen molar-refractivity contribution in [2.75, 3.05) is 7.05 Å². The number of nitrogens with one attached hydrogen (secondary N) is 2. The summed E-state index contributed by atoms with van der Waals surface area (Å²) >= 11 is 4.72. The number of hydrogen-bond acceptors (Lipinski definition) is 5. The molecule has 1 atom stereocenters. The zero-order valence-electron chi connectivity index (χ0n) is 14.7. The Labute approximate surface area is 169 Å². The molecule has 0 fully saturated rings. The molecule has 2 N–H and O–H groups in total. The van der Waals surface area contributed by atoms with Crippen molar-refractivity contribution in [3.63, 3.8) is 0 Å². The fraction of sp³-hybridized carbons (Fsp3) is 0.158. The lowest BCUT2D eigenvalue weighted by atomic mass is 10.2. The molecule has 2 aromatic carbocycles. The molecule has 6 nitrogen and oxygen atoms in total. The van der Waals surface area contributed by atoms with Crippen LogP contribution in [0.5, 0.6) is 0 Å². The minimum atomic E-state index is -0.532. The summed E-state index contributed by atoms with van der Waals surface area (Å²) in [6.45, 7) is 1.74. The van der Waals surface area contributed by atoms with Gasteiger partial charge in [-0.15, -0.1) is 0 Å². The number of aromatic nitrogens is 2. The third-order valence-electron chi connectivity index (χ3n) is 3.79. The van der Waals surface area contributed by atoms with Gasteiger partial charge in [0.2, 0.25) is 5.91 Å². The van der Waals surface area contributed by atoms with Crippen LogP contribution in [0.4, 0.5) is 4.79 Å². The molecule has 0 saturated heterocycles. The van der Waals surface area contributed by atoms with Crippen LogP contribution in [0.3, 0.4) is 0 Å². The number of halogens is 1. The lowest BCUT2D eigenvalue weighted by molar-refractivity contribution is -0.119. The summed E-state index contributed by atoms with van der Waals surface area (Å²) in [5, 5.41) is 5.72. The first-order chi connectivity index (χ1) is 13.0. The highest BCUT2D eigenvalue weighted by Crippen LogP contribution is 2.31. The molecule has 3 rings (SSSR count). The van der Waals surface area contributed by atoms with Crippen molar-refractivity contribution in [2.45, 2.75) is 17.2 Å². The van der Waals surface area contributed by atoms with Crippen molar-refractivity contribution in [1.29, 1.82) is 0 Å². The number of rotatable bonds is 4. The highest BCUT2D eigenvalue weighted by Gasteiger charge is 2.19. The summed E-state index contributed by atoms with van der Waals surface area (Å²) in [5.41, 5.74) is 1.68. The monoisotopic (exact) mass is 444 g/mol. The normalized spacial score (nSPS) is 11.8. The van der Waals surface area contributed by atoms with Crippen LogP contribution < -0.4 is 10.6 Å². The lowest BCUT2D eigenvalue weighted by Crippen LogP contribution is -2.41. The van der Waals surface area contributed by atoms with E-state index in [9.17, 15) is 9.59 Å². The van der Waals surface area contributed by atoms with Crippen molar-refractivity contribution in [2.24, 2.45) is 0 Å². The van der Waals surface area contributed by atoms with Gasteiger partial charge < -0.3 is 5.32 Å². The van der Waals surface area contributed by atoms with E-state index in [0.717, 1.165) is 20.9 Å². The molecule has 1 aromatic heterocycles. The molecule has 3 amide bonds. The summed E-state index contributed by atoms with van der Waals surface area (Å²) in [5.74, 6) is 0.204. The van der Waals surface area contributed by atoms with E-state index in [0.29, 0.717) is 10.9 Å². The van der Waals surface area contributed by atoms with Gasteiger partial charge in [0, 0.05) is 22.5 Å². The average molecular weight is 445 g/mol. The second-order valence-corrected chi connectivity index (χ2v) is 7.95. The van der Waals surface area contributed by atoms with Crippen molar-refractivity contribution in [3.8, 4) is 11.4 Å². The SMILES string of the molecule is CNC(=O)NC(=O)[C@H](C)Sc1nc(-c2ccc(Br)cc2)nc2ccccc12. The Balaban J connectivity index is 1.97. The molecule has 0 spiro atoms. The Morgan fingerprint density at radius 1 is 1.07 bits per heavy atom. The first kappa shape index (κ1) is 19.3. The number of carbonyl (C=O) groups is 2. The van der Waals surface area contributed by atoms with E-state index in [-0.39, 0.29) is 5.91 Å². The van der Waals surface area contributed by atoms with E-state index in [1.165, 1.54) is 18.8 Å². The maximum atomic E-state index is 12.2. The zero-order chi connectivity index (χ0) is 19.4. The largest absolute Gasteiger partial charge is 0.341 e. The summed E-state index contributed by atoms with van der Waals surface area (Å²) < 4.78 is 0.973. The number of para-hydroxylation sites is 1. The van der Waals surface area contributed by atoms with Gasteiger partial charge in [-0.3, -0.25) is 10.1 Å². The van der Waals surface area contributed by atoms with Gasteiger partial charge in [0.05, 0.1) is 10.8 Å². The minimum absolute atomic E-state index is 0.382. The van der Waals surface area contributed by atoms with Crippen molar-refractivity contribution >= 4 is 50.5 Å². The number of carbonyl (C=O) groups excluding carboxylic acids is 2. The van der Waals surface area contributed by atoms with Crippen LogP contribution in [0.2, 0.25) is 0 Å². The molecule has 0 aliphatic heterocycles. The van der Waals surface area contributed by atoms with Crippen molar-refractivity contribution in [3.05, 3.63) is 53.0 Å². The molecule has 0 unspecified atom stereocenters. The van der Waals surface area contributed by atoms with Crippen molar-refractivity contribution < 1.29 is 9.59 Å². The van der Waals surface area contributed by atoms with Crippen LogP contribution in [0, 0.1) is 0 Å². The molecule has 1 heterocycles. The average Bonchev–Trinajstić information content (AvgIpc) is 2.68. The molecule has 8 heteroatoms. The van der Waals surface area contributed by atoms with E-state index in [4.69, 9.17) is 0 Å². The zero-order valence-corrected chi connectivity index (χ0v) is 17.1. The number of imide groups is 1. The molecular formula is C19H17BrN4O2S. The van der Waals surface area contributed by atoms with Crippen LogP contribution in [0.25, 0.3) is 22.3 Å². The highest BCUT2D eigenvalue weighted by molar-refractivity contribution is 9.10. The second-order valence-electron chi connectivity index (χ2n) is 5.70. The topological polar surface area (TPSA) is 84.0 Å². The maximum Gasteiger partial charge on any atom is 0.321 e. The smallest absolute Gasteiger partial charge is 0.321 e. The molecule has 27 heavy (non-hydrogen) atoms. The Bertz CT molecular complexity index is 995. The van der Waals surface area contributed by atoms with Gasteiger partial charge in [-0.2, -0.15) is 0 Å². The number of urea groups is 1. The van der Waals surface area contributed by atoms with Gasteiger partial charge >= 0.3 is 6.03 Å². The molecule has 0 radical (unpaired) electrons. The number of amides is 3. The predicted molar refractivity (Wildman–Crippen MR) is 111 cm³/mol. The summed E-state index contributed by atoms with van der Waals surface area (Å²) in [4.78, 5) is 32.9. The fourth-order valence-corrected chi connectivity index (χ4v) is 3.57. The Morgan fingerprint density at radius 3 is 2.48 bits per heavy atom. The van der Waals surface area contributed by atoms with Crippen LogP contribution in [-0.4, -0.2) is 34.2 Å². The number of hydrogen-bond donors (Lipinski definition) is 2. The second kappa shape index (κ2) is 8.49. The molecule has 0 saturated carbocycles. The number of fused-ring (bicyclic) bond motifs is 1. The van der Waals surface area contributed by atoms with E-state index in [1.807, 2.05) is 48.5 Å². The summed E-state index contributed by atoms with van der Waals surface area (Å²) in [6.07, 6.45) is 0. The van der Waals surface area contributed by atoms with Crippen LogP contribution >= 0.6 is 27.7 Å². The first-order valence-corrected chi connectivity index (χ1v) is 9.87. The summed E-state index contributed by atoms with van der Waals surface area (Å²) in [7, 11) is 1.46.